The van der Waals surface area contributed by atoms with Gasteiger partial charge in [-0.1, -0.05) is 6.92 Å². The first-order valence-electron chi connectivity index (χ1n) is 8.92. The predicted molar refractivity (Wildman–Crippen MR) is 105 cm³/mol. The second-order valence-electron chi connectivity index (χ2n) is 6.00. The third-order valence-corrected chi connectivity index (χ3v) is 4.08. The number of carbonyl (C=O) groups is 3. The fourth-order valence-electron chi connectivity index (χ4n) is 2.65. The number of esters is 2. The minimum absolute atomic E-state index is 0.110. The summed E-state index contributed by atoms with van der Waals surface area (Å²) < 4.78 is 10.3. The Morgan fingerprint density at radius 1 is 1.00 bits per heavy atom. The summed E-state index contributed by atoms with van der Waals surface area (Å²) in [7, 11) is 0. The van der Waals surface area contributed by atoms with Crippen molar-refractivity contribution in [3.8, 4) is 5.75 Å². The monoisotopic (exact) mass is 380 g/mol. The molecule has 144 valence electrons. The van der Waals surface area contributed by atoms with Crippen molar-refractivity contribution >= 4 is 34.4 Å². The van der Waals surface area contributed by atoms with Crippen molar-refractivity contribution < 1.29 is 23.9 Å². The van der Waals surface area contributed by atoms with Crippen molar-refractivity contribution in [3.63, 3.8) is 0 Å². The molecule has 0 unspecified atom stereocenters. The number of anilines is 1. The molecule has 1 heterocycles. The van der Waals surface area contributed by atoms with E-state index in [1.54, 1.807) is 38.2 Å². The molecule has 0 saturated carbocycles. The van der Waals surface area contributed by atoms with E-state index in [1.165, 1.54) is 24.3 Å². The summed E-state index contributed by atoms with van der Waals surface area (Å²) in [6, 6.07) is 11.4. The molecule has 2 N–H and O–H groups in total. The quantitative estimate of drug-likeness (QED) is 0.499. The van der Waals surface area contributed by atoms with Crippen molar-refractivity contribution in [1.82, 2.24) is 4.98 Å². The number of hydrogen-bond donors (Lipinski definition) is 2. The number of H-pyrrole nitrogens is 1. The number of aromatic nitrogens is 1. The van der Waals surface area contributed by atoms with Crippen LogP contribution >= 0.6 is 0 Å². The molecule has 0 atom stereocenters. The summed E-state index contributed by atoms with van der Waals surface area (Å²) in [4.78, 5) is 38.9. The first kappa shape index (κ1) is 19.2. The van der Waals surface area contributed by atoms with E-state index < -0.39 is 11.9 Å². The lowest BCUT2D eigenvalue weighted by atomic mass is 10.1. The molecule has 7 heteroatoms. The van der Waals surface area contributed by atoms with Gasteiger partial charge >= 0.3 is 11.9 Å². The normalized spacial score (nSPS) is 10.5. The van der Waals surface area contributed by atoms with E-state index in [-0.39, 0.29) is 12.5 Å². The van der Waals surface area contributed by atoms with E-state index in [9.17, 15) is 14.4 Å². The van der Waals surface area contributed by atoms with Gasteiger partial charge in [0.25, 0.3) is 0 Å². The van der Waals surface area contributed by atoms with Crippen molar-refractivity contribution in [3.05, 3.63) is 59.8 Å². The maximum Gasteiger partial charge on any atom is 0.345 e. The van der Waals surface area contributed by atoms with Crippen LogP contribution in [0.2, 0.25) is 0 Å². The van der Waals surface area contributed by atoms with Gasteiger partial charge in [-0.15, -0.1) is 0 Å². The van der Waals surface area contributed by atoms with Crippen LogP contribution < -0.4 is 10.1 Å². The molecule has 28 heavy (non-hydrogen) atoms. The lowest BCUT2D eigenvalue weighted by Gasteiger charge is -2.06. The molecule has 3 rings (SSSR count). The van der Waals surface area contributed by atoms with Crippen molar-refractivity contribution in [2.75, 3.05) is 11.9 Å². The van der Waals surface area contributed by atoms with E-state index in [0.717, 1.165) is 5.52 Å². The van der Waals surface area contributed by atoms with Gasteiger partial charge < -0.3 is 19.8 Å². The van der Waals surface area contributed by atoms with E-state index in [1.807, 2.05) is 0 Å². The first-order chi connectivity index (χ1) is 13.5. The van der Waals surface area contributed by atoms with E-state index >= 15 is 0 Å². The summed E-state index contributed by atoms with van der Waals surface area (Å²) in [5, 5.41) is 3.41. The Labute approximate surface area is 161 Å². The average Bonchev–Trinajstić information content (AvgIpc) is 3.12. The molecule has 0 bridgehead atoms. The Hall–Kier alpha value is -3.61. The van der Waals surface area contributed by atoms with Gasteiger partial charge in [-0.3, -0.25) is 4.79 Å². The van der Waals surface area contributed by atoms with Gasteiger partial charge in [0.2, 0.25) is 5.91 Å². The van der Waals surface area contributed by atoms with Crippen LogP contribution in [0.15, 0.2) is 48.7 Å². The number of amides is 1. The fraction of sp³-hybridized carbons (Fsp3) is 0.190. The third-order valence-electron chi connectivity index (χ3n) is 4.08. The number of hydrogen-bond acceptors (Lipinski definition) is 5. The third kappa shape index (κ3) is 4.20. The fourth-order valence-corrected chi connectivity index (χ4v) is 2.65. The molecule has 0 fully saturated rings. The SMILES string of the molecule is CCOC(=O)c1ccc(OC(=O)c2c[nH]c3ccc(NC(=O)CC)cc23)cc1. The zero-order valence-electron chi connectivity index (χ0n) is 15.6. The molecule has 0 radical (unpaired) electrons. The molecular weight excluding hydrogens is 360 g/mol. The lowest BCUT2D eigenvalue weighted by molar-refractivity contribution is -0.115. The number of benzene rings is 2. The zero-order valence-corrected chi connectivity index (χ0v) is 15.6. The van der Waals surface area contributed by atoms with Crippen LogP contribution in [0.4, 0.5) is 5.69 Å². The maximum absolute atomic E-state index is 12.6. The summed E-state index contributed by atoms with van der Waals surface area (Å²) in [5.41, 5.74) is 2.08. The van der Waals surface area contributed by atoms with Crippen molar-refractivity contribution in [2.45, 2.75) is 20.3 Å². The van der Waals surface area contributed by atoms with E-state index in [0.29, 0.717) is 34.4 Å². The largest absolute Gasteiger partial charge is 0.462 e. The molecule has 0 aliphatic rings. The Balaban J connectivity index is 1.78. The molecule has 0 aliphatic carbocycles. The molecule has 1 aromatic heterocycles. The first-order valence-corrected chi connectivity index (χ1v) is 8.92. The topological polar surface area (TPSA) is 97.5 Å². The van der Waals surface area contributed by atoms with Gasteiger partial charge in [0, 0.05) is 29.2 Å². The van der Waals surface area contributed by atoms with E-state index in [4.69, 9.17) is 9.47 Å². The van der Waals surface area contributed by atoms with Crippen LogP contribution in [-0.2, 0) is 9.53 Å². The summed E-state index contributed by atoms with van der Waals surface area (Å²) >= 11 is 0. The highest BCUT2D eigenvalue weighted by Gasteiger charge is 2.16. The van der Waals surface area contributed by atoms with Gasteiger partial charge in [0.1, 0.15) is 5.75 Å². The van der Waals surface area contributed by atoms with Gasteiger partial charge in [0.05, 0.1) is 17.7 Å². The highest BCUT2D eigenvalue weighted by Crippen LogP contribution is 2.24. The number of aromatic amines is 1. The standard InChI is InChI=1S/C21H20N2O5/c1-3-19(24)23-14-7-10-18-16(11-14)17(12-22-18)21(26)28-15-8-5-13(6-9-15)20(25)27-4-2/h5-12,22H,3-4H2,1-2H3,(H,23,24). The smallest absolute Gasteiger partial charge is 0.345 e. The summed E-state index contributed by atoms with van der Waals surface area (Å²) in [6.45, 7) is 3.78. The van der Waals surface area contributed by atoms with Crippen molar-refractivity contribution in [2.24, 2.45) is 0 Å². The van der Waals surface area contributed by atoms with Gasteiger partial charge in [-0.25, -0.2) is 9.59 Å². The minimum Gasteiger partial charge on any atom is -0.462 e. The van der Waals surface area contributed by atoms with Crippen molar-refractivity contribution in [1.29, 1.82) is 0 Å². The maximum atomic E-state index is 12.6. The number of rotatable bonds is 6. The number of fused-ring (bicyclic) bond motifs is 1. The minimum atomic E-state index is -0.547. The molecule has 0 spiro atoms. The number of nitrogens with one attached hydrogen (secondary N) is 2. The molecule has 7 nitrogen and oxygen atoms in total. The molecule has 0 saturated heterocycles. The van der Waals surface area contributed by atoms with Gasteiger partial charge in [-0.05, 0) is 49.4 Å². The van der Waals surface area contributed by atoms with Crippen LogP contribution in [0.3, 0.4) is 0 Å². The number of ether oxygens (including phenoxy) is 2. The number of carbonyl (C=O) groups excluding carboxylic acids is 3. The summed E-state index contributed by atoms with van der Waals surface area (Å²) in [6.07, 6.45) is 1.92. The molecule has 2 aromatic carbocycles. The van der Waals surface area contributed by atoms with Crippen LogP contribution in [0.5, 0.6) is 5.75 Å². The highest BCUT2D eigenvalue weighted by molar-refractivity contribution is 6.06. The Bertz CT molecular complexity index is 1020. The van der Waals surface area contributed by atoms with Gasteiger partial charge in [-0.2, -0.15) is 0 Å². The Kier molecular flexibility index (Phi) is 5.74. The molecular formula is C21H20N2O5. The highest BCUT2D eigenvalue weighted by atomic mass is 16.5. The van der Waals surface area contributed by atoms with E-state index in [2.05, 4.69) is 10.3 Å². The zero-order chi connectivity index (χ0) is 20.1. The van der Waals surface area contributed by atoms with Crippen LogP contribution in [-0.4, -0.2) is 29.4 Å². The Morgan fingerprint density at radius 2 is 1.75 bits per heavy atom. The second-order valence-corrected chi connectivity index (χ2v) is 6.00. The van der Waals surface area contributed by atoms with Gasteiger partial charge in [0.15, 0.2) is 0 Å². The van der Waals surface area contributed by atoms with Crippen LogP contribution in [0.25, 0.3) is 10.9 Å². The summed E-state index contributed by atoms with van der Waals surface area (Å²) in [5.74, 6) is -0.781. The Morgan fingerprint density at radius 3 is 2.43 bits per heavy atom. The average molecular weight is 380 g/mol. The second kappa shape index (κ2) is 8.39. The predicted octanol–water partition coefficient (Wildman–Crippen LogP) is 3.91. The molecule has 0 aliphatic heterocycles. The lowest BCUT2D eigenvalue weighted by Crippen LogP contribution is -2.10. The van der Waals surface area contributed by atoms with Crippen LogP contribution in [0.1, 0.15) is 41.0 Å². The van der Waals surface area contributed by atoms with Crippen LogP contribution in [0, 0.1) is 0 Å². The molecule has 3 aromatic rings. The molecule has 1 amide bonds.